The zero-order valence-corrected chi connectivity index (χ0v) is 10.4. The molecule has 1 atom stereocenters. The highest BCUT2D eigenvalue weighted by molar-refractivity contribution is 7.89. The van der Waals surface area contributed by atoms with Gasteiger partial charge >= 0.3 is 0 Å². The lowest BCUT2D eigenvalue weighted by atomic mass is 9.70. The van der Waals surface area contributed by atoms with Crippen LogP contribution in [-0.2, 0) is 10.0 Å². The summed E-state index contributed by atoms with van der Waals surface area (Å²) in [5, 5.41) is 3.59. The van der Waals surface area contributed by atoms with Crippen molar-refractivity contribution in [1.29, 1.82) is 0 Å². The van der Waals surface area contributed by atoms with E-state index in [0.717, 1.165) is 32.4 Å². The molecule has 4 nitrogen and oxygen atoms in total. The Bertz CT molecular complexity index is 375. The highest BCUT2D eigenvalue weighted by Crippen LogP contribution is 2.40. The summed E-state index contributed by atoms with van der Waals surface area (Å²) in [5.41, 5.74) is 0.293. The van der Waals surface area contributed by atoms with Crippen LogP contribution in [0, 0.1) is 0 Å². The van der Waals surface area contributed by atoms with Crippen LogP contribution in [0.1, 0.15) is 38.5 Å². The molecule has 1 saturated carbocycles. The van der Waals surface area contributed by atoms with Crippen molar-refractivity contribution in [2.75, 3.05) is 18.8 Å². The molecule has 2 heterocycles. The molecule has 1 aliphatic carbocycles. The van der Waals surface area contributed by atoms with Gasteiger partial charge < -0.3 is 5.32 Å². The van der Waals surface area contributed by atoms with Gasteiger partial charge in [-0.25, -0.2) is 8.42 Å². The molecule has 0 aromatic rings. The van der Waals surface area contributed by atoms with Crippen LogP contribution in [0.3, 0.4) is 0 Å². The van der Waals surface area contributed by atoms with Gasteiger partial charge in [0.2, 0.25) is 10.0 Å². The standard InChI is InChI=1S/C11H20N2O2S/c14-16(15)8-2-7-13(16)10-3-6-12-11(9-10)4-1-5-11/h10,12H,1-9H2. The van der Waals surface area contributed by atoms with Crippen LogP contribution < -0.4 is 5.32 Å². The summed E-state index contributed by atoms with van der Waals surface area (Å²) in [6.45, 7) is 1.74. The number of sulfonamides is 1. The zero-order chi connectivity index (χ0) is 11.2. The molecular formula is C11H20N2O2S. The molecular weight excluding hydrogens is 224 g/mol. The summed E-state index contributed by atoms with van der Waals surface area (Å²) in [4.78, 5) is 0. The maximum Gasteiger partial charge on any atom is 0.214 e. The van der Waals surface area contributed by atoms with Crippen molar-refractivity contribution in [3.63, 3.8) is 0 Å². The first-order valence-corrected chi connectivity index (χ1v) is 7.97. The molecule has 3 rings (SSSR count). The minimum atomic E-state index is -2.92. The predicted molar refractivity (Wildman–Crippen MR) is 62.7 cm³/mol. The van der Waals surface area contributed by atoms with Gasteiger partial charge in [0.15, 0.2) is 0 Å². The zero-order valence-electron chi connectivity index (χ0n) is 9.61. The third kappa shape index (κ3) is 1.69. The molecule has 0 bridgehead atoms. The van der Waals surface area contributed by atoms with E-state index in [1.54, 1.807) is 4.31 Å². The summed E-state index contributed by atoms with van der Waals surface area (Å²) >= 11 is 0. The second-order valence-corrected chi connectivity index (χ2v) is 7.53. The van der Waals surface area contributed by atoms with E-state index in [1.165, 1.54) is 19.3 Å². The summed E-state index contributed by atoms with van der Waals surface area (Å²) in [5.74, 6) is 0.365. The average molecular weight is 244 g/mol. The predicted octanol–water partition coefficient (Wildman–Crippen LogP) is 0.697. The van der Waals surface area contributed by atoms with E-state index >= 15 is 0 Å². The molecule has 5 heteroatoms. The second-order valence-electron chi connectivity index (χ2n) is 5.49. The Labute approximate surface area is 97.4 Å². The molecule has 1 unspecified atom stereocenters. The first kappa shape index (κ1) is 11.0. The van der Waals surface area contributed by atoms with Crippen LogP contribution in [0.15, 0.2) is 0 Å². The maximum absolute atomic E-state index is 11.9. The number of rotatable bonds is 1. The van der Waals surface area contributed by atoms with Crippen LogP contribution >= 0.6 is 0 Å². The fourth-order valence-electron chi connectivity index (χ4n) is 3.43. The molecule has 92 valence electrons. The van der Waals surface area contributed by atoms with Crippen LogP contribution in [0.2, 0.25) is 0 Å². The molecule has 2 aliphatic heterocycles. The Morgan fingerprint density at radius 1 is 1.25 bits per heavy atom. The lowest BCUT2D eigenvalue weighted by Crippen LogP contribution is -2.59. The fraction of sp³-hybridized carbons (Fsp3) is 1.00. The molecule has 0 aromatic heterocycles. The Morgan fingerprint density at radius 2 is 2.06 bits per heavy atom. The van der Waals surface area contributed by atoms with Crippen molar-refractivity contribution in [2.45, 2.75) is 50.1 Å². The largest absolute Gasteiger partial charge is 0.311 e. The summed E-state index contributed by atoms with van der Waals surface area (Å²) in [6, 6.07) is 0.272. The van der Waals surface area contributed by atoms with Crippen molar-refractivity contribution in [3.8, 4) is 0 Å². The van der Waals surface area contributed by atoms with E-state index in [-0.39, 0.29) is 6.04 Å². The average Bonchev–Trinajstić information content (AvgIpc) is 2.56. The van der Waals surface area contributed by atoms with Gasteiger partial charge in [-0.2, -0.15) is 4.31 Å². The summed E-state index contributed by atoms with van der Waals surface area (Å²) in [6.07, 6.45) is 6.60. The highest BCUT2D eigenvalue weighted by atomic mass is 32.2. The normalized spacial score (nSPS) is 37.4. The van der Waals surface area contributed by atoms with Crippen LogP contribution in [0.25, 0.3) is 0 Å². The maximum atomic E-state index is 11.9. The number of nitrogens with zero attached hydrogens (tertiary/aromatic N) is 1. The van der Waals surface area contributed by atoms with E-state index in [9.17, 15) is 8.42 Å². The topological polar surface area (TPSA) is 49.4 Å². The number of hydrogen-bond acceptors (Lipinski definition) is 3. The lowest BCUT2D eigenvalue weighted by molar-refractivity contribution is 0.0964. The van der Waals surface area contributed by atoms with Gasteiger partial charge in [0.1, 0.15) is 0 Å². The van der Waals surface area contributed by atoms with Gasteiger partial charge in [-0.15, -0.1) is 0 Å². The first-order chi connectivity index (χ1) is 7.61. The fourth-order valence-corrected chi connectivity index (χ4v) is 5.20. The molecule has 0 aromatic carbocycles. The smallest absolute Gasteiger partial charge is 0.214 e. The minimum Gasteiger partial charge on any atom is -0.311 e. The third-order valence-electron chi connectivity index (χ3n) is 4.46. The van der Waals surface area contributed by atoms with Crippen molar-refractivity contribution in [1.82, 2.24) is 9.62 Å². The number of nitrogens with one attached hydrogen (secondary N) is 1. The summed E-state index contributed by atoms with van der Waals surface area (Å²) in [7, 11) is -2.92. The van der Waals surface area contributed by atoms with Crippen LogP contribution in [-0.4, -0.2) is 43.1 Å². The molecule has 16 heavy (non-hydrogen) atoms. The van der Waals surface area contributed by atoms with Crippen LogP contribution in [0.4, 0.5) is 0 Å². The van der Waals surface area contributed by atoms with E-state index < -0.39 is 10.0 Å². The van der Waals surface area contributed by atoms with Gasteiger partial charge in [0.05, 0.1) is 5.75 Å². The minimum absolute atomic E-state index is 0.272. The third-order valence-corrected chi connectivity index (χ3v) is 6.46. The van der Waals surface area contributed by atoms with Gasteiger partial charge in [-0.1, -0.05) is 0 Å². The van der Waals surface area contributed by atoms with E-state index in [2.05, 4.69) is 5.32 Å². The quantitative estimate of drug-likeness (QED) is 0.738. The lowest BCUT2D eigenvalue weighted by Gasteiger charge is -2.49. The van der Waals surface area contributed by atoms with E-state index in [1.807, 2.05) is 0 Å². The Hall–Kier alpha value is -0.130. The molecule has 2 saturated heterocycles. The molecule has 1 spiro atoms. The second kappa shape index (κ2) is 3.68. The van der Waals surface area contributed by atoms with Gasteiger partial charge in [-0.05, 0) is 45.1 Å². The SMILES string of the molecule is O=S1(=O)CCCN1C1CCNC2(CCC2)C1. The highest BCUT2D eigenvalue weighted by Gasteiger charge is 2.45. The van der Waals surface area contributed by atoms with Gasteiger partial charge in [-0.3, -0.25) is 0 Å². The van der Waals surface area contributed by atoms with Crippen molar-refractivity contribution in [2.24, 2.45) is 0 Å². The Kier molecular flexibility index (Phi) is 2.53. The van der Waals surface area contributed by atoms with E-state index in [4.69, 9.17) is 0 Å². The van der Waals surface area contributed by atoms with E-state index in [0.29, 0.717) is 11.3 Å². The molecule has 3 fully saturated rings. The van der Waals surface area contributed by atoms with Crippen molar-refractivity contribution >= 4 is 10.0 Å². The summed E-state index contributed by atoms with van der Waals surface area (Å²) < 4.78 is 25.6. The van der Waals surface area contributed by atoms with Crippen LogP contribution in [0.5, 0.6) is 0 Å². The molecule has 0 amide bonds. The van der Waals surface area contributed by atoms with Gasteiger partial charge in [0.25, 0.3) is 0 Å². The molecule has 1 N–H and O–H groups in total. The Balaban J connectivity index is 1.75. The molecule has 0 radical (unpaired) electrons. The number of piperidine rings is 1. The van der Waals surface area contributed by atoms with Gasteiger partial charge in [0, 0.05) is 18.1 Å². The van der Waals surface area contributed by atoms with Crippen molar-refractivity contribution in [3.05, 3.63) is 0 Å². The number of hydrogen-bond donors (Lipinski definition) is 1. The van der Waals surface area contributed by atoms with Crippen molar-refractivity contribution < 1.29 is 8.42 Å². The monoisotopic (exact) mass is 244 g/mol. The Morgan fingerprint density at radius 3 is 2.62 bits per heavy atom. The first-order valence-electron chi connectivity index (χ1n) is 6.36. The molecule has 3 aliphatic rings.